The van der Waals surface area contributed by atoms with Gasteiger partial charge in [0.25, 0.3) is 5.91 Å². The van der Waals surface area contributed by atoms with Crippen LogP contribution in [-0.2, 0) is 6.42 Å². The molecule has 0 aromatic heterocycles. The predicted molar refractivity (Wildman–Crippen MR) is 98.8 cm³/mol. The number of carbonyl (C=O) groups is 1. The van der Waals surface area contributed by atoms with Crippen molar-refractivity contribution in [2.75, 3.05) is 13.2 Å². The van der Waals surface area contributed by atoms with Crippen LogP contribution in [0.3, 0.4) is 0 Å². The minimum Gasteiger partial charge on any atom is -0.493 e. The molecule has 2 rings (SSSR count). The summed E-state index contributed by atoms with van der Waals surface area (Å²) in [4.78, 5) is 12.3. The van der Waals surface area contributed by atoms with Crippen LogP contribution < -0.4 is 10.1 Å². The van der Waals surface area contributed by atoms with Crippen molar-refractivity contribution < 1.29 is 9.53 Å². The maximum Gasteiger partial charge on any atom is 0.251 e. The molecule has 1 N–H and O–H groups in total. The standard InChI is InChI=1S/C21H27NO2/c1-4-14-24-20-10-6-5-8-18(20)9-7-13-22-21(23)19-15-16(2)11-12-17(19)3/h5-6,8,10-12,15H,4,7,9,13-14H2,1-3H3,(H,22,23). The summed E-state index contributed by atoms with van der Waals surface area (Å²) in [7, 11) is 0. The third kappa shape index (κ3) is 5.12. The first-order valence-electron chi connectivity index (χ1n) is 8.68. The van der Waals surface area contributed by atoms with E-state index in [9.17, 15) is 4.79 Å². The van der Waals surface area contributed by atoms with Gasteiger partial charge in [-0.3, -0.25) is 4.79 Å². The number of carbonyl (C=O) groups excluding carboxylic acids is 1. The maximum absolute atomic E-state index is 12.3. The van der Waals surface area contributed by atoms with Crippen LogP contribution in [0.25, 0.3) is 0 Å². The van der Waals surface area contributed by atoms with Crippen molar-refractivity contribution in [3.05, 3.63) is 64.7 Å². The minimum atomic E-state index is 0.00622. The Balaban J connectivity index is 1.85. The molecule has 0 heterocycles. The molecule has 24 heavy (non-hydrogen) atoms. The molecule has 0 aliphatic rings. The molecule has 0 aliphatic heterocycles. The lowest BCUT2D eigenvalue weighted by Gasteiger charge is -2.11. The predicted octanol–water partition coefficient (Wildman–Crippen LogP) is 4.45. The molecule has 0 atom stereocenters. The van der Waals surface area contributed by atoms with E-state index in [-0.39, 0.29) is 5.91 Å². The second-order valence-corrected chi connectivity index (χ2v) is 6.13. The fourth-order valence-electron chi connectivity index (χ4n) is 2.62. The number of para-hydroxylation sites is 1. The summed E-state index contributed by atoms with van der Waals surface area (Å²) in [5, 5.41) is 3.02. The first-order chi connectivity index (χ1) is 11.6. The summed E-state index contributed by atoms with van der Waals surface area (Å²) in [5.74, 6) is 0.965. The van der Waals surface area contributed by atoms with Crippen LogP contribution in [0.5, 0.6) is 5.75 Å². The molecular weight excluding hydrogens is 298 g/mol. The summed E-state index contributed by atoms with van der Waals surface area (Å²) in [6.07, 6.45) is 2.79. The Morgan fingerprint density at radius 2 is 1.92 bits per heavy atom. The monoisotopic (exact) mass is 325 g/mol. The number of ether oxygens (including phenoxy) is 1. The number of hydrogen-bond acceptors (Lipinski definition) is 2. The van der Waals surface area contributed by atoms with Crippen LogP contribution >= 0.6 is 0 Å². The molecule has 1 amide bonds. The summed E-state index contributed by atoms with van der Waals surface area (Å²) >= 11 is 0. The molecule has 2 aromatic carbocycles. The van der Waals surface area contributed by atoms with E-state index in [4.69, 9.17) is 4.74 Å². The molecule has 3 nitrogen and oxygen atoms in total. The second kappa shape index (κ2) is 9.11. The number of hydrogen-bond donors (Lipinski definition) is 1. The van der Waals surface area contributed by atoms with E-state index in [0.29, 0.717) is 6.54 Å². The van der Waals surface area contributed by atoms with Gasteiger partial charge in [0.2, 0.25) is 0 Å². The second-order valence-electron chi connectivity index (χ2n) is 6.13. The molecule has 0 saturated carbocycles. The first-order valence-corrected chi connectivity index (χ1v) is 8.68. The molecule has 0 saturated heterocycles. The summed E-state index contributed by atoms with van der Waals surface area (Å²) in [6.45, 7) is 7.47. The first kappa shape index (κ1) is 18.1. The lowest BCUT2D eigenvalue weighted by molar-refractivity contribution is 0.0952. The number of aryl methyl sites for hydroxylation is 3. The van der Waals surface area contributed by atoms with Crippen LogP contribution in [0.2, 0.25) is 0 Å². The van der Waals surface area contributed by atoms with Gasteiger partial charge >= 0.3 is 0 Å². The van der Waals surface area contributed by atoms with E-state index in [1.807, 2.05) is 50.2 Å². The van der Waals surface area contributed by atoms with Crippen molar-refractivity contribution in [1.29, 1.82) is 0 Å². The van der Waals surface area contributed by atoms with Crippen LogP contribution in [0, 0.1) is 13.8 Å². The average molecular weight is 325 g/mol. The Morgan fingerprint density at radius 1 is 1.12 bits per heavy atom. The van der Waals surface area contributed by atoms with Crippen molar-refractivity contribution in [3.63, 3.8) is 0 Å². The SMILES string of the molecule is CCCOc1ccccc1CCCNC(=O)c1cc(C)ccc1C. The largest absolute Gasteiger partial charge is 0.493 e. The van der Waals surface area contributed by atoms with E-state index in [0.717, 1.165) is 48.3 Å². The van der Waals surface area contributed by atoms with E-state index in [2.05, 4.69) is 18.3 Å². The van der Waals surface area contributed by atoms with E-state index >= 15 is 0 Å². The third-order valence-corrected chi connectivity index (χ3v) is 3.98. The molecule has 0 fully saturated rings. The number of benzene rings is 2. The average Bonchev–Trinajstić information content (AvgIpc) is 2.59. The summed E-state index contributed by atoms with van der Waals surface area (Å²) < 4.78 is 5.78. The van der Waals surface area contributed by atoms with Gasteiger partial charge in [0.15, 0.2) is 0 Å². The highest BCUT2D eigenvalue weighted by Crippen LogP contribution is 2.19. The van der Waals surface area contributed by atoms with E-state index < -0.39 is 0 Å². The molecule has 0 radical (unpaired) electrons. The molecule has 3 heteroatoms. The fourth-order valence-corrected chi connectivity index (χ4v) is 2.62. The fraction of sp³-hybridized carbons (Fsp3) is 0.381. The Labute approximate surface area is 145 Å². The van der Waals surface area contributed by atoms with Crippen molar-refractivity contribution >= 4 is 5.91 Å². The summed E-state index contributed by atoms with van der Waals surface area (Å²) in [6, 6.07) is 14.1. The van der Waals surface area contributed by atoms with E-state index in [1.54, 1.807) is 0 Å². The van der Waals surface area contributed by atoms with Gasteiger partial charge < -0.3 is 10.1 Å². The molecule has 2 aromatic rings. The highest BCUT2D eigenvalue weighted by molar-refractivity contribution is 5.95. The lowest BCUT2D eigenvalue weighted by atomic mass is 10.0. The zero-order valence-electron chi connectivity index (χ0n) is 14.9. The van der Waals surface area contributed by atoms with Gasteiger partial charge in [-0.05, 0) is 56.4 Å². The highest BCUT2D eigenvalue weighted by Gasteiger charge is 2.09. The highest BCUT2D eigenvalue weighted by atomic mass is 16.5. The number of nitrogens with one attached hydrogen (secondary N) is 1. The molecule has 0 unspecified atom stereocenters. The zero-order valence-corrected chi connectivity index (χ0v) is 14.9. The molecule has 0 aliphatic carbocycles. The Morgan fingerprint density at radius 3 is 2.71 bits per heavy atom. The van der Waals surface area contributed by atoms with Gasteiger partial charge in [0.05, 0.1) is 6.61 Å². The lowest BCUT2D eigenvalue weighted by Crippen LogP contribution is -2.25. The topological polar surface area (TPSA) is 38.3 Å². The van der Waals surface area contributed by atoms with Crippen LogP contribution in [0.1, 0.15) is 46.8 Å². The number of rotatable bonds is 8. The van der Waals surface area contributed by atoms with Crippen molar-refractivity contribution in [2.45, 2.75) is 40.0 Å². The van der Waals surface area contributed by atoms with E-state index in [1.165, 1.54) is 5.56 Å². The van der Waals surface area contributed by atoms with Gasteiger partial charge in [-0.1, -0.05) is 42.8 Å². The quantitative estimate of drug-likeness (QED) is 0.728. The smallest absolute Gasteiger partial charge is 0.251 e. The summed E-state index contributed by atoms with van der Waals surface area (Å²) in [5.41, 5.74) is 4.08. The maximum atomic E-state index is 12.3. The van der Waals surface area contributed by atoms with Crippen molar-refractivity contribution in [2.24, 2.45) is 0 Å². The molecule has 0 bridgehead atoms. The molecule has 128 valence electrons. The van der Waals surface area contributed by atoms with Gasteiger partial charge in [0, 0.05) is 12.1 Å². The number of amides is 1. The van der Waals surface area contributed by atoms with Gasteiger partial charge in [-0.2, -0.15) is 0 Å². The van der Waals surface area contributed by atoms with Crippen molar-refractivity contribution in [1.82, 2.24) is 5.32 Å². The van der Waals surface area contributed by atoms with Crippen LogP contribution in [-0.4, -0.2) is 19.1 Å². The minimum absolute atomic E-state index is 0.00622. The Kier molecular flexibility index (Phi) is 6.86. The van der Waals surface area contributed by atoms with Gasteiger partial charge in [-0.15, -0.1) is 0 Å². The Bertz CT molecular complexity index is 679. The molecule has 0 spiro atoms. The Hall–Kier alpha value is -2.29. The molecular formula is C21H27NO2. The third-order valence-electron chi connectivity index (χ3n) is 3.98. The van der Waals surface area contributed by atoms with Gasteiger partial charge in [-0.25, -0.2) is 0 Å². The van der Waals surface area contributed by atoms with Gasteiger partial charge in [0.1, 0.15) is 5.75 Å². The van der Waals surface area contributed by atoms with Crippen LogP contribution in [0.15, 0.2) is 42.5 Å². The van der Waals surface area contributed by atoms with Crippen molar-refractivity contribution in [3.8, 4) is 5.75 Å². The zero-order chi connectivity index (χ0) is 17.4. The van der Waals surface area contributed by atoms with Crippen LogP contribution in [0.4, 0.5) is 0 Å². The normalized spacial score (nSPS) is 10.5.